The molecule has 116 valence electrons. The molecule has 0 spiro atoms. The number of hydrogen-bond acceptors (Lipinski definition) is 3. The third-order valence-electron chi connectivity index (χ3n) is 3.16. The van der Waals surface area contributed by atoms with E-state index in [9.17, 15) is 13.6 Å². The average Bonchev–Trinajstić information content (AvgIpc) is 2.99. The molecular formula is C17H12F2N2O2. The van der Waals surface area contributed by atoms with Crippen LogP contribution in [0.25, 0.3) is 11.3 Å². The maximum atomic E-state index is 13.5. The van der Waals surface area contributed by atoms with Crippen molar-refractivity contribution in [1.82, 2.24) is 5.16 Å². The summed E-state index contributed by atoms with van der Waals surface area (Å²) < 4.78 is 31.5. The quantitative estimate of drug-likeness (QED) is 0.797. The fourth-order valence-corrected chi connectivity index (χ4v) is 2.08. The van der Waals surface area contributed by atoms with Crippen molar-refractivity contribution in [1.29, 1.82) is 0 Å². The Bertz CT molecular complexity index is 832. The molecule has 6 heteroatoms. The average molecular weight is 314 g/mol. The molecule has 3 rings (SSSR count). The number of halogens is 2. The van der Waals surface area contributed by atoms with E-state index in [-0.39, 0.29) is 12.1 Å². The van der Waals surface area contributed by atoms with Crippen LogP contribution in [0.4, 0.5) is 14.5 Å². The lowest BCUT2D eigenvalue weighted by Crippen LogP contribution is -2.15. The minimum Gasteiger partial charge on any atom is -0.356 e. The molecule has 0 aliphatic rings. The first-order chi connectivity index (χ1) is 11.1. The molecular weight excluding hydrogens is 302 g/mol. The van der Waals surface area contributed by atoms with E-state index in [2.05, 4.69) is 10.5 Å². The zero-order chi connectivity index (χ0) is 16.2. The van der Waals surface area contributed by atoms with Gasteiger partial charge in [0.2, 0.25) is 5.91 Å². The number of nitrogens with one attached hydrogen (secondary N) is 1. The van der Waals surface area contributed by atoms with Crippen LogP contribution in [0.5, 0.6) is 0 Å². The van der Waals surface area contributed by atoms with Crippen LogP contribution in [-0.2, 0) is 11.2 Å². The van der Waals surface area contributed by atoms with Gasteiger partial charge in [-0.05, 0) is 12.1 Å². The minimum absolute atomic E-state index is 0.0762. The Morgan fingerprint density at radius 3 is 2.61 bits per heavy atom. The highest BCUT2D eigenvalue weighted by Crippen LogP contribution is 2.20. The van der Waals surface area contributed by atoms with Crippen LogP contribution in [0.3, 0.4) is 0 Å². The van der Waals surface area contributed by atoms with Crippen molar-refractivity contribution in [3.63, 3.8) is 0 Å². The molecule has 3 aromatic rings. The molecule has 0 aliphatic carbocycles. The number of amides is 1. The van der Waals surface area contributed by atoms with E-state index in [1.54, 1.807) is 6.07 Å². The Balaban J connectivity index is 1.68. The molecule has 0 atom stereocenters. The number of carbonyl (C=O) groups is 1. The minimum atomic E-state index is -0.830. The third kappa shape index (κ3) is 3.60. The van der Waals surface area contributed by atoms with Crippen molar-refractivity contribution < 1.29 is 18.1 Å². The number of nitrogens with zero attached hydrogens (tertiary/aromatic N) is 1. The second kappa shape index (κ2) is 6.39. The molecule has 1 N–H and O–H groups in total. The van der Waals surface area contributed by atoms with Crippen molar-refractivity contribution in [2.75, 3.05) is 5.32 Å². The maximum absolute atomic E-state index is 13.5. The van der Waals surface area contributed by atoms with Crippen molar-refractivity contribution in [3.8, 4) is 11.3 Å². The number of carbonyl (C=O) groups excluding carboxylic acids is 1. The third-order valence-corrected chi connectivity index (χ3v) is 3.16. The molecule has 0 fully saturated rings. The predicted octanol–water partition coefficient (Wildman–Crippen LogP) is 3.80. The summed E-state index contributed by atoms with van der Waals surface area (Å²) in [5, 5.41) is 6.19. The summed E-state index contributed by atoms with van der Waals surface area (Å²) in [5.41, 5.74) is 1.18. The van der Waals surface area contributed by atoms with Crippen molar-refractivity contribution in [2.45, 2.75) is 6.42 Å². The van der Waals surface area contributed by atoms with Gasteiger partial charge in [0.05, 0.1) is 17.8 Å². The van der Waals surface area contributed by atoms with Crippen LogP contribution >= 0.6 is 0 Å². The normalized spacial score (nSPS) is 10.5. The van der Waals surface area contributed by atoms with E-state index < -0.39 is 17.5 Å². The molecule has 1 aromatic heterocycles. The number of anilines is 1. The number of hydrogen-bond donors (Lipinski definition) is 1. The zero-order valence-electron chi connectivity index (χ0n) is 11.9. The summed E-state index contributed by atoms with van der Waals surface area (Å²) in [5.74, 6) is -1.46. The SMILES string of the molecule is O=C(Cc1cc(-c2ccccc2)on1)Nc1ccc(F)cc1F. The molecule has 1 amide bonds. The Morgan fingerprint density at radius 1 is 1.09 bits per heavy atom. The van der Waals surface area contributed by atoms with E-state index in [0.29, 0.717) is 17.5 Å². The van der Waals surface area contributed by atoms with Gasteiger partial charge in [-0.1, -0.05) is 35.5 Å². The summed E-state index contributed by atoms with van der Waals surface area (Å²) in [6.45, 7) is 0. The van der Waals surface area contributed by atoms with Gasteiger partial charge >= 0.3 is 0 Å². The van der Waals surface area contributed by atoms with Gasteiger partial charge < -0.3 is 9.84 Å². The van der Waals surface area contributed by atoms with E-state index >= 15 is 0 Å². The molecule has 23 heavy (non-hydrogen) atoms. The van der Waals surface area contributed by atoms with Gasteiger partial charge in [-0.2, -0.15) is 0 Å². The summed E-state index contributed by atoms with van der Waals surface area (Å²) in [6, 6.07) is 13.9. The molecule has 0 aliphatic heterocycles. The fraction of sp³-hybridized carbons (Fsp3) is 0.0588. The number of rotatable bonds is 4. The van der Waals surface area contributed by atoms with Gasteiger partial charge in [0.1, 0.15) is 11.6 Å². The van der Waals surface area contributed by atoms with E-state index in [4.69, 9.17) is 4.52 Å². The zero-order valence-corrected chi connectivity index (χ0v) is 11.9. The van der Waals surface area contributed by atoms with Gasteiger partial charge in [0.25, 0.3) is 0 Å². The van der Waals surface area contributed by atoms with Crippen LogP contribution in [0.1, 0.15) is 5.69 Å². The number of benzene rings is 2. The standard InChI is InChI=1S/C17H12F2N2O2/c18-12-6-7-15(14(19)8-12)20-17(22)10-13-9-16(23-21-13)11-4-2-1-3-5-11/h1-9H,10H2,(H,20,22). The van der Waals surface area contributed by atoms with Crippen LogP contribution in [0.2, 0.25) is 0 Å². The van der Waals surface area contributed by atoms with Crippen molar-refractivity contribution >= 4 is 11.6 Å². The van der Waals surface area contributed by atoms with Crippen molar-refractivity contribution in [2.24, 2.45) is 0 Å². The van der Waals surface area contributed by atoms with Gasteiger partial charge in [-0.3, -0.25) is 4.79 Å². The summed E-state index contributed by atoms with van der Waals surface area (Å²) >= 11 is 0. The summed E-state index contributed by atoms with van der Waals surface area (Å²) in [6.07, 6.45) is -0.0762. The molecule has 4 nitrogen and oxygen atoms in total. The van der Waals surface area contributed by atoms with Crippen LogP contribution < -0.4 is 5.32 Å². The molecule has 0 unspecified atom stereocenters. The van der Waals surface area contributed by atoms with Crippen molar-refractivity contribution in [3.05, 3.63) is 71.9 Å². The van der Waals surface area contributed by atoms with E-state index in [1.165, 1.54) is 6.07 Å². The monoisotopic (exact) mass is 314 g/mol. The van der Waals surface area contributed by atoms with Crippen LogP contribution in [-0.4, -0.2) is 11.1 Å². The highest BCUT2D eigenvalue weighted by molar-refractivity contribution is 5.92. The Hall–Kier alpha value is -3.02. The second-order valence-electron chi connectivity index (χ2n) is 4.90. The smallest absolute Gasteiger partial charge is 0.230 e. The van der Waals surface area contributed by atoms with Gasteiger partial charge in [-0.15, -0.1) is 0 Å². The Morgan fingerprint density at radius 2 is 1.87 bits per heavy atom. The molecule has 2 aromatic carbocycles. The Labute approximate surface area is 130 Å². The molecule has 1 heterocycles. The largest absolute Gasteiger partial charge is 0.356 e. The maximum Gasteiger partial charge on any atom is 0.230 e. The lowest BCUT2D eigenvalue weighted by Gasteiger charge is -2.04. The van der Waals surface area contributed by atoms with Crippen LogP contribution in [0.15, 0.2) is 59.1 Å². The molecule has 0 bridgehead atoms. The highest BCUT2D eigenvalue weighted by atomic mass is 19.1. The fourth-order valence-electron chi connectivity index (χ4n) is 2.08. The predicted molar refractivity (Wildman–Crippen MR) is 80.6 cm³/mol. The summed E-state index contributed by atoms with van der Waals surface area (Å²) in [4.78, 5) is 11.9. The lowest BCUT2D eigenvalue weighted by atomic mass is 10.1. The molecule has 0 radical (unpaired) electrons. The first-order valence-corrected chi connectivity index (χ1v) is 6.88. The highest BCUT2D eigenvalue weighted by Gasteiger charge is 2.12. The Kier molecular flexibility index (Phi) is 4.14. The van der Waals surface area contributed by atoms with E-state index in [0.717, 1.165) is 11.6 Å². The topological polar surface area (TPSA) is 55.1 Å². The van der Waals surface area contributed by atoms with Gasteiger partial charge in [0, 0.05) is 17.7 Å². The lowest BCUT2D eigenvalue weighted by molar-refractivity contribution is -0.115. The first kappa shape index (κ1) is 14.9. The van der Waals surface area contributed by atoms with Gasteiger partial charge in [-0.25, -0.2) is 8.78 Å². The summed E-state index contributed by atoms with van der Waals surface area (Å²) in [7, 11) is 0. The molecule has 0 saturated carbocycles. The van der Waals surface area contributed by atoms with E-state index in [1.807, 2.05) is 30.3 Å². The molecule has 0 saturated heterocycles. The first-order valence-electron chi connectivity index (χ1n) is 6.88. The van der Waals surface area contributed by atoms with Gasteiger partial charge in [0.15, 0.2) is 5.76 Å². The second-order valence-corrected chi connectivity index (χ2v) is 4.90. The number of aromatic nitrogens is 1. The van der Waals surface area contributed by atoms with Crippen LogP contribution in [0, 0.1) is 11.6 Å².